The molecule has 0 radical (unpaired) electrons. The van der Waals surface area contributed by atoms with E-state index in [1.807, 2.05) is 37.3 Å². The average molecular weight is 262 g/mol. The highest BCUT2D eigenvalue weighted by Crippen LogP contribution is 2.18. The van der Waals surface area contributed by atoms with Crippen LogP contribution in [0.4, 0.5) is 0 Å². The molecule has 0 aliphatic heterocycles. The Bertz CT molecular complexity index is 424. The molecule has 0 aliphatic rings. The van der Waals surface area contributed by atoms with Gasteiger partial charge in [-0.15, -0.1) is 0 Å². The number of benzene rings is 1. The van der Waals surface area contributed by atoms with E-state index in [2.05, 4.69) is 12.2 Å². The molecule has 0 spiro atoms. The zero-order valence-corrected chi connectivity index (χ0v) is 11.6. The van der Waals surface area contributed by atoms with Gasteiger partial charge in [0.25, 0.3) is 0 Å². The second-order valence-corrected chi connectivity index (χ2v) is 4.91. The van der Waals surface area contributed by atoms with E-state index in [1.165, 1.54) is 0 Å². The molecule has 0 aromatic heterocycles. The maximum atomic E-state index is 10.1. The fourth-order valence-corrected chi connectivity index (χ4v) is 1.99. The zero-order valence-electron chi connectivity index (χ0n) is 11.6. The fourth-order valence-electron chi connectivity index (χ4n) is 1.99. The van der Waals surface area contributed by atoms with E-state index < -0.39 is 5.60 Å². The molecule has 0 aliphatic carbocycles. The van der Waals surface area contributed by atoms with Gasteiger partial charge < -0.3 is 15.2 Å². The van der Waals surface area contributed by atoms with Crippen LogP contribution in [0.2, 0.25) is 0 Å². The zero-order chi connectivity index (χ0) is 14.1. The van der Waals surface area contributed by atoms with Crippen LogP contribution in [0.1, 0.15) is 32.3 Å². The molecule has 1 rings (SSSR count). The second-order valence-electron chi connectivity index (χ2n) is 4.91. The molecule has 1 aromatic rings. The molecular formula is C15H22N2O2. The van der Waals surface area contributed by atoms with E-state index in [9.17, 15) is 5.11 Å². The number of nitrogens with zero attached hydrogens (tertiary/aromatic N) is 1. The van der Waals surface area contributed by atoms with E-state index in [-0.39, 0.29) is 6.61 Å². The third-order valence-electron chi connectivity index (χ3n) is 2.87. The SMILES string of the molecule is CCCC(C)(O)CNCc1ccccc1OCC#N. The van der Waals surface area contributed by atoms with Gasteiger partial charge in [0.15, 0.2) is 6.61 Å². The van der Waals surface area contributed by atoms with Crippen molar-refractivity contribution in [1.29, 1.82) is 5.26 Å². The van der Waals surface area contributed by atoms with E-state index in [4.69, 9.17) is 10.00 Å². The number of rotatable bonds is 8. The van der Waals surface area contributed by atoms with Crippen molar-refractivity contribution in [3.63, 3.8) is 0 Å². The van der Waals surface area contributed by atoms with E-state index in [1.54, 1.807) is 0 Å². The molecule has 0 fully saturated rings. The molecule has 4 heteroatoms. The van der Waals surface area contributed by atoms with Crippen molar-refractivity contribution in [2.24, 2.45) is 0 Å². The topological polar surface area (TPSA) is 65.3 Å². The maximum Gasteiger partial charge on any atom is 0.174 e. The van der Waals surface area contributed by atoms with Crippen LogP contribution in [0.25, 0.3) is 0 Å². The lowest BCUT2D eigenvalue weighted by Crippen LogP contribution is -2.37. The Morgan fingerprint density at radius 3 is 2.84 bits per heavy atom. The lowest BCUT2D eigenvalue weighted by atomic mass is 10.0. The summed E-state index contributed by atoms with van der Waals surface area (Å²) in [7, 11) is 0. The lowest BCUT2D eigenvalue weighted by molar-refractivity contribution is 0.0497. The summed E-state index contributed by atoms with van der Waals surface area (Å²) >= 11 is 0. The van der Waals surface area contributed by atoms with Gasteiger partial charge in [0.05, 0.1) is 5.60 Å². The summed E-state index contributed by atoms with van der Waals surface area (Å²) in [5, 5.41) is 21.8. The molecule has 19 heavy (non-hydrogen) atoms. The summed E-state index contributed by atoms with van der Waals surface area (Å²) in [5.74, 6) is 0.715. The minimum Gasteiger partial charge on any atom is -0.478 e. The lowest BCUT2D eigenvalue weighted by Gasteiger charge is -2.23. The Hall–Kier alpha value is -1.57. The highest BCUT2D eigenvalue weighted by molar-refractivity contribution is 5.33. The highest BCUT2D eigenvalue weighted by atomic mass is 16.5. The van der Waals surface area contributed by atoms with Crippen molar-refractivity contribution in [3.05, 3.63) is 29.8 Å². The summed E-state index contributed by atoms with van der Waals surface area (Å²) in [6.07, 6.45) is 1.73. The number of hydrogen-bond acceptors (Lipinski definition) is 4. The number of hydrogen-bond donors (Lipinski definition) is 2. The van der Waals surface area contributed by atoms with Crippen LogP contribution in [0.15, 0.2) is 24.3 Å². The predicted molar refractivity (Wildman–Crippen MR) is 74.8 cm³/mol. The smallest absolute Gasteiger partial charge is 0.174 e. The van der Waals surface area contributed by atoms with E-state index in [0.29, 0.717) is 18.8 Å². The van der Waals surface area contributed by atoms with Gasteiger partial charge in [0, 0.05) is 18.7 Å². The Morgan fingerprint density at radius 1 is 1.42 bits per heavy atom. The number of ether oxygens (including phenoxy) is 1. The molecule has 1 aromatic carbocycles. The van der Waals surface area contributed by atoms with Gasteiger partial charge in [-0.05, 0) is 19.4 Å². The van der Waals surface area contributed by atoms with Crippen LogP contribution >= 0.6 is 0 Å². The summed E-state index contributed by atoms with van der Waals surface area (Å²) in [4.78, 5) is 0. The molecule has 104 valence electrons. The first kappa shape index (κ1) is 15.5. The number of nitrogens with one attached hydrogen (secondary N) is 1. The summed E-state index contributed by atoms with van der Waals surface area (Å²) < 4.78 is 5.35. The molecule has 0 bridgehead atoms. The largest absolute Gasteiger partial charge is 0.478 e. The minimum absolute atomic E-state index is 0.0462. The highest BCUT2D eigenvalue weighted by Gasteiger charge is 2.18. The number of nitriles is 1. The number of para-hydroxylation sites is 1. The first-order chi connectivity index (χ1) is 9.09. The summed E-state index contributed by atoms with van der Waals surface area (Å²) in [5.41, 5.74) is 0.307. The van der Waals surface area contributed by atoms with Crippen LogP contribution in [-0.2, 0) is 6.54 Å². The molecule has 0 heterocycles. The van der Waals surface area contributed by atoms with Crippen LogP contribution in [0.5, 0.6) is 5.75 Å². The Labute approximate surface area is 115 Å². The third kappa shape index (κ3) is 5.73. The van der Waals surface area contributed by atoms with Crippen LogP contribution < -0.4 is 10.1 Å². The van der Waals surface area contributed by atoms with Gasteiger partial charge in [-0.1, -0.05) is 31.5 Å². The monoisotopic (exact) mass is 262 g/mol. The van der Waals surface area contributed by atoms with Crippen molar-refractivity contribution in [1.82, 2.24) is 5.32 Å². The second kappa shape index (κ2) is 7.78. The quantitative estimate of drug-likeness (QED) is 0.754. The Balaban J connectivity index is 2.51. The van der Waals surface area contributed by atoms with Crippen molar-refractivity contribution in [2.75, 3.05) is 13.2 Å². The van der Waals surface area contributed by atoms with Crippen molar-refractivity contribution >= 4 is 0 Å². The third-order valence-corrected chi connectivity index (χ3v) is 2.87. The van der Waals surface area contributed by atoms with Gasteiger partial charge in [0.1, 0.15) is 11.8 Å². The number of aliphatic hydroxyl groups is 1. The summed E-state index contributed by atoms with van der Waals surface area (Å²) in [6.45, 7) is 5.08. The first-order valence-electron chi connectivity index (χ1n) is 6.60. The predicted octanol–water partition coefficient (Wildman–Crippen LogP) is 2.23. The van der Waals surface area contributed by atoms with Gasteiger partial charge in [-0.25, -0.2) is 0 Å². The fraction of sp³-hybridized carbons (Fsp3) is 0.533. The molecule has 1 unspecified atom stereocenters. The van der Waals surface area contributed by atoms with Crippen molar-refractivity contribution in [2.45, 2.75) is 38.8 Å². The minimum atomic E-state index is -0.683. The van der Waals surface area contributed by atoms with Gasteiger partial charge >= 0.3 is 0 Å². The molecule has 0 saturated carbocycles. The maximum absolute atomic E-state index is 10.1. The van der Waals surface area contributed by atoms with Crippen LogP contribution in [0.3, 0.4) is 0 Å². The normalized spacial score (nSPS) is 13.6. The Morgan fingerprint density at radius 2 is 2.16 bits per heavy atom. The molecule has 0 saturated heterocycles. The van der Waals surface area contributed by atoms with Gasteiger partial charge in [-0.2, -0.15) is 5.26 Å². The standard InChI is InChI=1S/C15H22N2O2/c1-3-8-15(2,18)12-17-11-13-6-4-5-7-14(13)19-10-9-16/h4-7,17-18H,3,8,10-12H2,1-2H3. The molecular weight excluding hydrogens is 240 g/mol. The molecule has 0 amide bonds. The summed E-state index contributed by atoms with van der Waals surface area (Å²) in [6, 6.07) is 9.57. The van der Waals surface area contributed by atoms with E-state index >= 15 is 0 Å². The Kier molecular flexibility index (Phi) is 6.34. The first-order valence-corrected chi connectivity index (χ1v) is 6.60. The van der Waals surface area contributed by atoms with Gasteiger partial charge in [-0.3, -0.25) is 0 Å². The molecule has 4 nitrogen and oxygen atoms in total. The van der Waals surface area contributed by atoms with E-state index in [0.717, 1.165) is 18.4 Å². The van der Waals surface area contributed by atoms with Crippen LogP contribution in [0, 0.1) is 11.3 Å². The van der Waals surface area contributed by atoms with Gasteiger partial charge in [0.2, 0.25) is 0 Å². The average Bonchev–Trinajstić information content (AvgIpc) is 2.37. The van der Waals surface area contributed by atoms with Crippen LogP contribution in [-0.4, -0.2) is 23.9 Å². The molecule has 1 atom stereocenters. The van der Waals surface area contributed by atoms with Crippen molar-refractivity contribution in [3.8, 4) is 11.8 Å². The molecule has 2 N–H and O–H groups in total. The van der Waals surface area contributed by atoms with Crippen molar-refractivity contribution < 1.29 is 9.84 Å².